The van der Waals surface area contributed by atoms with E-state index in [1.165, 1.54) is 6.92 Å². The van der Waals surface area contributed by atoms with Crippen LogP contribution in [-0.4, -0.2) is 22.9 Å². The summed E-state index contributed by atoms with van der Waals surface area (Å²) in [5.74, 6) is -0.582. The summed E-state index contributed by atoms with van der Waals surface area (Å²) in [5, 5.41) is 0. The van der Waals surface area contributed by atoms with Gasteiger partial charge in [0.1, 0.15) is 6.04 Å². The summed E-state index contributed by atoms with van der Waals surface area (Å²) >= 11 is 0. The molecule has 23 heavy (non-hydrogen) atoms. The van der Waals surface area contributed by atoms with Gasteiger partial charge in [-0.15, -0.1) is 0 Å². The quantitative estimate of drug-likeness (QED) is 0.643. The Balaban J connectivity index is 1.92. The first-order valence-electron chi connectivity index (χ1n) is 7.69. The van der Waals surface area contributed by atoms with Gasteiger partial charge in [0.05, 0.1) is 6.04 Å². The van der Waals surface area contributed by atoms with E-state index in [1.54, 1.807) is 4.90 Å². The Morgan fingerprint density at radius 3 is 2.17 bits per heavy atom. The summed E-state index contributed by atoms with van der Waals surface area (Å²) in [5.41, 5.74) is 2.03. The minimum Gasteiger partial charge on any atom is -0.450 e. The molecule has 2 aromatic carbocycles. The van der Waals surface area contributed by atoms with E-state index in [1.807, 2.05) is 67.6 Å². The fraction of sp³-hybridized carbons (Fsp3) is 0.263. The molecule has 0 saturated carbocycles. The number of benzene rings is 2. The zero-order valence-electron chi connectivity index (χ0n) is 13.2. The summed E-state index contributed by atoms with van der Waals surface area (Å²) in [6.07, 6.45) is -0.735. The molecule has 1 aliphatic heterocycles. The summed E-state index contributed by atoms with van der Waals surface area (Å²) in [6.45, 7) is 3.33. The van der Waals surface area contributed by atoms with Crippen LogP contribution in [0.3, 0.4) is 0 Å². The summed E-state index contributed by atoms with van der Waals surface area (Å²) in [4.78, 5) is 25.7. The number of carbonyl (C=O) groups is 2. The van der Waals surface area contributed by atoms with Gasteiger partial charge in [0.15, 0.2) is 0 Å². The largest absolute Gasteiger partial charge is 0.450 e. The van der Waals surface area contributed by atoms with Crippen LogP contribution in [0, 0.1) is 0 Å². The minimum atomic E-state index is -0.735. The molecule has 0 radical (unpaired) electrons. The van der Waals surface area contributed by atoms with E-state index >= 15 is 0 Å². The Kier molecular flexibility index (Phi) is 4.15. The van der Waals surface area contributed by atoms with Crippen molar-refractivity contribution in [2.75, 3.05) is 0 Å². The van der Waals surface area contributed by atoms with Crippen molar-refractivity contribution in [1.82, 2.24) is 4.90 Å². The highest BCUT2D eigenvalue weighted by Gasteiger charge is 2.52. The second-order valence-electron chi connectivity index (χ2n) is 5.72. The molecule has 0 N–H and O–H groups in total. The number of hydrogen-bond donors (Lipinski definition) is 0. The van der Waals surface area contributed by atoms with Crippen LogP contribution in [0.4, 0.5) is 0 Å². The predicted octanol–water partition coefficient (Wildman–Crippen LogP) is 3.26. The molecule has 0 aliphatic carbocycles. The van der Waals surface area contributed by atoms with Gasteiger partial charge in [-0.3, -0.25) is 9.59 Å². The van der Waals surface area contributed by atoms with Crippen LogP contribution < -0.4 is 0 Å². The fourth-order valence-corrected chi connectivity index (χ4v) is 3.09. The molecule has 2 aromatic rings. The molecule has 118 valence electrons. The lowest BCUT2D eigenvalue weighted by atomic mass is 9.87. The Bertz CT molecular complexity index is 699. The topological polar surface area (TPSA) is 46.6 Å². The molecule has 0 bridgehead atoms. The molecular formula is C19H19NO3. The highest BCUT2D eigenvalue weighted by molar-refractivity contribution is 5.91. The van der Waals surface area contributed by atoms with Crippen LogP contribution in [0.2, 0.25) is 0 Å². The number of ether oxygens (including phenoxy) is 1. The Hall–Kier alpha value is -2.62. The number of carbonyl (C=O) groups excluding carboxylic acids is 2. The van der Waals surface area contributed by atoms with Gasteiger partial charge in [-0.1, -0.05) is 60.7 Å². The Labute approximate surface area is 135 Å². The van der Waals surface area contributed by atoms with Crippen LogP contribution in [0.25, 0.3) is 0 Å². The van der Waals surface area contributed by atoms with Crippen molar-refractivity contribution >= 4 is 11.9 Å². The molecular weight excluding hydrogens is 290 g/mol. The number of likely N-dealkylation sites (tertiary alicyclic amines) is 1. The molecule has 4 nitrogen and oxygen atoms in total. The lowest BCUT2D eigenvalue weighted by molar-refractivity contribution is -0.186. The predicted molar refractivity (Wildman–Crippen MR) is 86.4 cm³/mol. The third-order valence-corrected chi connectivity index (χ3v) is 4.22. The first-order chi connectivity index (χ1) is 11.1. The highest BCUT2D eigenvalue weighted by Crippen LogP contribution is 2.43. The molecule has 3 atom stereocenters. The smallest absolute Gasteiger partial charge is 0.303 e. The van der Waals surface area contributed by atoms with Crippen molar-refractivity contribution in [3.8, 4) is 0 Å². The zero-order chi connectivity index (χ0) is 16.4. The average molecular weight is 309 g/mol. The lowest BCUT2D eigenvalue weighted by Gasteiger charge is -2.49. The molecule has 1 heterocycles. The molecule has 1 aliphatic rings. The summed E-state index contributed by atoms with van der Waals surface area (Å²) in [7, 11) is 0. The number of hydrogen-bond acceptors (Lipinski definition) is 3. The van der Waals surface area contributed by atoms with Crippen LogP contribution in [0.5, 0.6) is 0 Å². The summed E-state index contributed by atoms with van der Waals surface area (Å²) in [6, 6.07) is 19.2. The lowest BCUT2D eigenvalue weighted by Crippen LogP contribution is -2.60. The van der Waals surface area contributed by atoms with E-state index in [2.05, 4.69) is 0 Å². The van der Waals surface area contributed by atoms with Crippen molar-refractivity contribution in [2.45, 2.75) is 32.0 Å². The highest BCUT2D eigenvalue weighted by atomic mass is 16.6. The number of nitrogens with zero attached hydrogens (tertiary/aromatic N) is 1. The van der Waals surface area contributed by atoms with E-state index in [0.717, 1.165) is 11.1 Å². The zero-order valence-corrected chi connectivity index (χ0v) is 13.2. The van der Waals surface area contributed by atoms with Gasteiger partial charge in [-0.05, 0) is 18.1 Å². The van der Waals surface area contributed by atoms with Gasteiger partial charge in [0, 0.05) is 6.92 Å². The van der Waals surface area contributed by atoms with Crippen LogP contribution in [-0.2, 0) is 14.3 Å². The minimum absolute atomic E-state index is 0.0827. The van der Waals surface area contributed by atoms with Gasteiger partial charge < -0.3 is 9.64 Å². The van der Waals surface area contributed by atoms with Crippen molar-refractivity contribution in [1.29, 1.82) is 0 Å². The second-order valence-corrected chi connectivity index (χ2v) is 5.72. The van der Waals surface area contributed by atoms with E-state index in [9.17, 15) is 9.59 Å². The number of β-lactam (4-membered cyclic amide) rings is 1. The van der Waals surface area contributed by atoms with Gasteiger partial charge in [-0.2, -0.15) is 0 Å². The first-order valence-corrected chi connectivity index (χ1v) is 7.69. The molecule has 1 saturated heterocycles. The monoisotopic (exact) mass is 309 g/mol. The van der Waals surface area contributed by atoms with Gasteiger partial charge in [0.25, 0.3) is 5.91 Å². The van der Waals surface area contributed by atoms with Crippen molar-refractivity contribution in [3.05, 3.63) is 71.8 Å². The van der Waals surface area contributed by atoms with E-state index in [-0.39, 0.29) is 18.0 Å². The van der Waals surface area contributed by atoms with Gasteiger partial charge in [-0.25, -0.2) is 0 Å². The van der Waals surface area contributed by atoms with Crippen LogP contribution in [0.15, 0.2) is 60.7 Å². The number of esters is 1. The van der Waals surface area contributed by atoms with Crippen LogP contribution >= 0.6 is 0 Å². The normalized spacial score (nSPS) is 21.5. The van der Waals surface area contributed by atoms with Crippen molar-refractivity contribution in [2.24, 2.45) is 0 Å². The second kappa shape index (κ2) is 6.24. The maximum Gasteiger partial charge on any atom is 0.303 e. The third kappa shape index (κ3) is 2.84. The maximum absolute atomic E-state index is 12.5. The summed E-state index contributed by atoms with van der Waals surface area (Å²) < 4.78 is 5.25. The van der Waals surface area contributed by atoms with Crippen molar-refractivity contribution in [3.63, 3.8) is 0 Å². The Morgan fingerprint density at radius 1 is 1.04 bits per heavy atom. The SMILES string of the molecule is CC(=O)O[C@@H]1C(=O)N(C(C)c2ccccc2)C1c1ccccc1. The maximum atomic E-state index is 12.5. The molecule has 2 unspecified atom stereocenters. The first kappa shape index (κ1) is 15.3. The van der Waals surface area contributed by atoms with E-state index in [4.69, 9.17) is 4.74 Å². The fourth-order valence-electron chi connectivity index (χ4n) is 3.09. The van der Waals surface area contributed by atoms with Gasteiger partial charge >= 0.3 is 5.97 Å². The molecule has 1 fully saturated rings. The van der Waals surface area contributed by atoms with Crippen LogP contribution in [0.1, 0.15) is 37.1 Å². The molecule has 1 amide bonds. The van der Waals surface area contributed by atoms with E-state index in [0.29, 0.717) is 0 Å². The van der Waals surface area contributed by atoms with E-state index < -0.39 is 12.1 Å². The van der Waals surface area contributed by atoms with Crippen molar-refractivity contribution < 1.29 is 14.3 Å². The number of rotatable bonds is 4. The average Bonchev–Trinajstić information content (AvgIpc) is 2.58. The third-order valence-electron chi connectivity index (χ3n) is 4.22. The molecule has 4 heteroatoms. The standard InChI is InChI=1S/C19H19NO3/c1-13(15-9-5-3-6-10-15)20-17(16-11-7-4-8-12-16)18(19(20)22)23-14(2)21/h3-13,17-18H,1-2H3/t13?,17?,18-/m0/s1. The van der Waals surface area contributed by atoms with Gasteiger partial charge in [0.2, 0.25) is 6.10 Å². The molecule has 0 spiro atoms. The number of amides is 1. The Morgan fingerprint density at radius 2 is 1.61 bits per heavy atom. The molecule has 3 rings (SSSR count). The molecule has 0 aromatic heterocycles.